The Hall–Kier alpha value is -3.30. The maximum absolute atomic E-state index is 12.9. The number of methoxy groups -OCH3 is 1. The van der Waals surface area contributed by atoms with Gasteiger partial charge in [-0.25, -0.2) is 8.42 Å². The number of hydrogen-bond donors (Lipinski definition) is 0. The number of fused-ring (bicyclic) bond motifs is 1. The van der Waals surface area contributed by atoms with Crippen molar-refractivity contribution in [1.82, 2.24) is 0 Å². The first kappa shape index (κ1) is 23.4. The Morgan fingerprint density at radius 2 is 1.66 bits per heavy atom. The summed E-state index contributed by atoms with van der Waals surface area (Å²) in [4.78, 5) is 19.2. The van der Waals surface area contributed by atoms with Gasteiger partial charge in [-0.05, 0) is 42.5 Å². The Morgan fingerprint density at radius 1 is 0.971 bits per heavy atom. The van der Waals surface area contributed by atoms with Crippen LogP contribution in [0.25, 0.3) is 0 Å². The molecule has 2 unspecified atom stereocenters. The van der Waals surface area contributed by atoms with Crippen molar-refractivity contribution in [2.75, 3.05) is 23.5 Å². The van der Waals surface area contributed by atoms with Gasteiger partial charge in [0.25, 0.3) is 5.91 Å². The molecule has 9 heteroatoms. The summed E-state index contributed by atoms with van der Waals surface area (Å²) in [5, 5.41) is 0.351. The van der Waals surface area contributed by atoms with Gasteiger partial charge >= 0.3 is 0 Å². The van der Waals surface area contributed by atoms with Crippen LogP contribution in [0.2, 0.25) is 0 Å². The number of benzene rings is 3. The van der Waals surface area contributed by atoms with Gasteiger partial charge in [0.05, 0.1) is 31.1 Å². The zero-order valence-corrected chi connectivity index (χ0v) is 20.7. The zero-order valence-electron chi connectivity index (χ0n) is 19.0. The molecule has 35 heavy (non-hydrogen) atoms. The minimum Gasteiger partial charge on any atom is -0.496 e. The van der Waals surface area contributed by atoms with Gasteiger partial charge in [-0.1, -0.05) is 48.2 Å². The minimum atomic E-state index is -3.15. The average molecular weight is 509 g/mol. The zero-order chi connectivity index (χ0) is 24.4. The highest BCUT2D eigenvalue weighted by Gasteiger charge is 2.49. The highest BCUT2D eigenvalue weighted by atomic mass is 32.2. The second-order valence-electron chi connectivity index (χ2n) is 8.36. The molecule has 0 N–H and O–H groups in total. The average Bonchev–Trinajstić information content (AvgIpc) is 3.31. The van der Waals surface area contributed by atoms with Crippen LogP contribution < -0.4 is 14.4 Å². The van der Waals surface area contributed by atoms with Gasteiger partial charge in [0.15, 0.2) is 15.0 Å². The van der Waals surface area contributed by atoms with Crippen LogP contribution in [0.1, 0.15) is 5.56 Å². The fraction of sp³-hybridized carbons (Fsp3) is 0.231. The van der Waals surface area contributed by atoms with Gasteiger partial charge < -0.3 is 14.4 Å². The fourth-order valence-corrected chi connectivity index (χ4v) is 8.26. The molecule has 3 aromatic rings. The highest BCUT2D eigenvalue weighted by Crippen LogP contribution is 2.41. The Kier molecular flexibility index (Phi) is 6.53. The lowest BCUT2D eigenvalue weighted by molar-refractivity contribution is -0.117. The number of aliphatic imine (C=N–C) groups is 1. The Balaban J connectivity index is 1.41. The summed E-state index contributed by atoms with van der Waals surface area (Å²) in [7, 11) is -1.58. The van der Waals surface area contributed by atoms with Crippen molar-refractivity contribution in [3.63, 3.8) is 0 Å². The van der Waals surface area contributed by atoms with Crippen LogP contribution in [-0.4, -0.2) is 49.4 Å². The molecular weight excluding hydrogens is 484 g/mol. The van der Waals surface area contributed by atoms with Crippen molar-refractivity contribution in [2.45, 2.75) is 17.7 Å². The minimum absolute atomic E-state index is 0.0344. The molecule has 0 aromatic heterocycles. The monoisotopic (exact) mass is 508 g/mol. The van der Waals surface area contributed by atoms with Crippen molar-refractivity contribution in [1.29, 1.82) is 0 Å². The van der Waals surface area contributed by atoms with Crippen LogP contribution in [0.5, 0.6) is 17.2 Å². The van der Waals surface area contributed by atoms with Crippen molar-refractivity contribution >= 4 is 38.4 Å². The molecule has 180 valence electrons. The normalized spacial score (nSPS) is 21.6. The standard InChI is InChI=1S/C26H24N2O5S2/c1-32-23-10-6-5-7-18(23)15-25(29)27-26-28(22-16-35(30,31)17-24(22)34-26)19-11-13-21(14-12-19)33-20-8-3-2-4-9-20/h2-14,22,24H,15-17H2,1H3. The lowest BCUT2D eigenvalue weighted by Gasteiger charge is -2.24. The van der Waals surface area contributed by atoms with Crippen LogP contribution in [0.4, 0.5) is 5.69 Å². The van der Waals surface area contributed by atoms with E-state index in [0.29, 0.717) is 16.7 Å². The molecular formula is C26H24N2O5S2. The molecule has 7 nitrogen and oxygen atoms in total. The number of hydrogen-bond acceptors (Lipinski definition) is 6. The number of carbonyl (C=O) groups is 1. The number of rotatable bonds is 6. The van der Waals surface area contributed by atoms with Crippen LogP contribution in [-0.2, 0) is 21.1 Å². The lowest BCUT2D eigenvalue weighted by atomic mass is 10.1. The van der Waals surface area contributed by atoms with E-state index in [0.717, 1.165) is 17.0 Å². The topological polar surface area (TPSA) is 85.3 Å². The van der Waals surface area contributed by atoms with E-state index in [4.69, 9.17) is 9.47 Å². The van der Waals surface area contributed by atoms with Gasteiger partial charge in [0.2, 0.25) is 0 Å². The van der Waals surface area contributed by atoms with E-state index in [1.54, 1.807) is 13.2 Å². The number of amides is 1. The number of thioether (sulfide) groups is 1. The maximum Gasteiger partial charge on any atom is 0.252 e. The number of ether oxygens (including phenoxy) is 2. The van der Waals surface area contributed by atoms with Gasteiger partial charge in [-0.2, -0.15) is 4.99 Å². The van der Waals surface area contributed by atoms with E-state index in [1.807, 2.05) is 77.7 Å². The van der Waals surface area contributed by atoms with Gasteiger partial charge in [0, 0.05) is 16.5 Å². The molecule has 5 rings (SSSR count). The largest absolute Gasteiger partial charge is 0.496 e. The van der Waals surface area contributed by atoms with Gasteiger partial charge in [0.1, 0.15) is 17.2 Å². The molecule has 0 saturated carbocycles. The van der Waals surface area contributed by atoms with Crippen molar-refractivity contribution < 1.29 is 22.7 Å². The quantitative estimate of drug-likeness (QED) is 0.490. The number of sulfone groups is 1. The summed E-state index contributed by atoms with van der Waals surface area (Å²) in [6, 6.07) is 23.9. The molecule has 2 aliphatic rings. The third-order valence-electron chi connectivity index (χ3n) is 5.91. The maximum atomic E-state index is 12.9. The van der Waals surface area contributed by atoms with Gasteiger partial charge in [-0.3, -0.25) is 4.79 Å². The Labute approximate surface area is 208 Å². The smallest absolute Gasteiger partial charge is 0.252 e. The predicted octanol–water partition coefficient (Wildman–Crippen LogP) is 4.33. The summed E-state index contributed by atoms with van der Waals surface area (Å²) in [6.07, 6.45) is 0.0966. The Morgan fingerprint density at radius 3 is 2.40 bits per heavy atom. The molecule has 0 radical (unpaired) electrons. The summed E-state index contributed by atoms with van der Waals surface area (Å²) in [5.74, 6) is 1.82. The number of carbonyl (C=O) groups excluding carboxylic acids is 1. The molecule has 2 saturated heterocycles. The molecule has 0 bridgehead atoms. The van der Waals surface area contributed by atoms with Crippen molar-refractivity contribution in [2.24, 2.45) is 4.99 Å². The fourth-order valence-electron chi connectivity index (χ4n) is 4.32. The number of anilines is 1. The molecule has 3 aromatic carbocycles. The first-order chi connectivity index (χ1) is 16.9. The molecule has 0 aliphatic carbocycles. The van der Waals surface area contributed by atoms with Crippen LogP contribution in [0, 0.1) is 0 Å². The van der Waals surface area contributed by atoms with Crippen LogP contribution in [0.15, 0.2) is 83.9 Å². The molecule has 2 fully saturated rings. The van der Waals surface area contributed by atoms with E-state index >= 15 is 0 Å². The number of amidine groups is 1. The number of para-hydroxylation sites is 2. The van der Waals surface area contributed by atoms with E-state index in [9.17, 15) is 13.2 Å². The SMILES string of the molecule is COc1ccccc1CC(=O)N=C1SC2CS(=O)(=O)CC2N1c1ccc(Oc2ccccc2)cc1. The Bertz CT molecular complexity index is 1360. The molecule has 2 heterocycles. The molecule has 0 spiro atoms. The molecule has 1 amide bonds. The van der Waals surface area contributed by atoms with Crippen molar-refractivity contribution in [3.8, 4) is 17.2 Å². The highest BCUT2D eigenvalue weighted by molar-refractivity contribution is 8.16. The summed E-state index contributed by atoms with van der Waals surface area (Å²) in [6.45, 7) is 0. The summed E-state index contributed by atoms with van der Waals surface area (Å²) in [5.41, 5.74) is 1.52. The second-order valence-corrected chi connectivity index (χ2v) is 11.7. The molecule has 2 aliphatic heterocycles. The lowest BCUT2D eigenvalue weighted by Crippen LogP contribution is -2.37. The van der Waals surface area contributed by atoms with E-state index in [-0.39, 0.29) is 35.1 Å². The first-order valence-electron chi connectivity index (χ1n) is 11.1. The first-order valence-corrected chi connectivity index (χ1v) is 13.8. The van der Waals surface area contributed by atoms with Gasteiger partial charge in [-0.15, -0.1) is 0 Å². The predicted molar refractivity (Wildman–Crippen MR) is 138 cm³/mol. The third-order valence-corrected chi connectivity index (χ3v) is 9.12. The van der Waals surface area contributed by atoms with Crippen molar-refractivity contribution in [3.05, 3.63) is 84.4 Å². The van der Waals surface area contributed by atoms with E-state index in [2.05, 4.69) is 4.99 Å². The van der Waals surface area contributed by atoms with E-state index < -0.39 is 9.84 Å². The summed E-state index contributed by atoms with van der Waals surface area (Å²) < 4.78 is 35.9. The number of nitrogens with zero attached hydrogens (tertiary/aromatic N) is 2. The summed E-state index contributed by atoms with van der Waals surface area (Å²) >= 11 is 1.36. The second kappa shape index (κ2) is 9.75. The molecule has 2 atom stereocenters. The van der Waals surface area contributed by atoms with E-state index in [1.165, 1.54) is 11.8 Å². The third kappa shape index (κ3) is 5.21. The van der Waals surface area contributed by atoms with Crippen LogP contribution in [0.3, 0.4) is 0 Å². The van der Waals surface area contributed by atoms with Crippen LogP contribution >= 0.6 is 11.8 Å².